The van der Waals surface area contributed by atoms with E-state index < -0.39 is 11.8 Å². The van der Waals surface area contributed by atoms with Crippen LogP contribution in [0.1, 0.15) is 24.8 Å². The molecule has 104 valence electrons. The fourth-order valence-corrected chi connectivity index (χ4v) is 2.69. The standard InChI is InChI=1S/C14H16F3NO/c15-14(16,17)13(9-12(6-7-12)18-10-13)19-8-11-4-2-1-3-5-11/h1-5,18H,6-10H2. The van der Waals surface area contributed by atoms with Crippen LogP contribution in [0.15, 0.2) is 30.3 Å². The van der Waals surface area contributed by atoms with Crippen molar-refractivity contribution in [3.63, 3.8) is 0 Å². The maximum absolute atomic E-state index is 13.3. The molecule has 1 aromatic carbocycles. The lowest BCUT2D eigenvalue weighted by molar-refractivity contribution is -0.274. The Morgan fingerprint density at radius 2 is 1.84 bits per heavy atom. The van der Waals surface area contributed by atoms with Crippen molar-refractivity contribution in [1.29, 1.82) is 0 Å². The first-order chi connectivity index (χ1) is 8.95. The Labute approximate surface area is 109 Å². The van der Waals surface area contributed by atoms with Gasteiger partial charge in [0.2, 0.25) is 0 Å². The third kappa shape index (κ3) is 2.37. The smallest absolute Gasteiger partial charge is 0.359 e. The molecule has 2 nitrogen and oxygen atoms in total. The summed E-state index contributed by atoms with van der Waals surface area (Å²) < 4.78 is 45.3. The minimum Gasteiger partial charge on any atom is -0.359 e. The lowest BCUT2D eigenvalue weighted by Gasteiger charge is -2.31. The largest absolute Gasteiger partial charge is 0.418 e. The van der Waals surface area contributed by atoms with Gasteiger partial charge < -0.3 is 10.1 Å². The molecule has 1 saturated carbocycles. The van der Waals surface area contributed by atoms with Crippen molar-refractivity contribution in [2.75, 3.05) is 6.54 Å². The van der Waals surface area contributed by atoms with Gasteiger partial charge in [-0.3, -0.25) is 0 Å². The monoisotopic (exact) mass is 271 g/mol. The Hall–Kier alpha value is -1.07. The maximum atomic E-state index is 13.3. The molecule has 5 heteroatoms. The lowest BCUT2D eigenvalue weighted by Crippen LogP contribution is -2.49. The van der Waals surface area contributed by atoms with E-state index in [0.717, 1.165) is 18.4 Å². The molecule has 1 N–H and O–H groups in total. The van der Waals surface area contributed by atoms with Gasteiger partial charge in [0, 0.05) is 18.5 Å². The maximum Gasteiger partial charge on any atom is 0.418 e. The van der Waals surface area contributed by atoms with Gasteiger partial charge in [0.05, 0.1) is 6.61 Å². The number of benzene rings is 1. The first-order valence-corrected chi connectivity index (χ1v) is 6.45. The van der Waals surface area contributed by atoms with Crippen molar-refractivity contribution in [3.8, 4) is 0 Å². The fraction of sp³-hybridized carbons (Fsp3) is 0.571. The van der Waals surface area contributed by atoms with Crippen molar-refractivity contribution >= 4 is 0 Å². The molecule has 0 radical (unpaired) electrons. The molecule has 1 aliphatic heterocycles. The van der Waals surface area contributed by atoms with Gasteiger partial charge in [-0.25, -0.2) is 0 Å². The molecule has 1 aromatic rings. The van der Waals surface area contributed by atoms with Crippen molar-refractivity contribution in [2.45, 2.75) is 43.2 Å². The van der Waals surface area contributed by atoms with Gasteiger partial charge in [0.1, 0.15) is 0 Å². The molecule has 0 amide bonds. The van der Waals surface area contributed by atoms with Gasteiger partial charge in [0.25, 0.3) is 0 Å². The van der Waals surface area contributed by atoms with Gasteiger partial charge in [-0.1, -0.05) is 30.3 Å². The van der Waals surface area contributed by atoms with Crippen molar-refractivity contribution in [1.82, 2.24) is 5.32 Å². The van der Waals surface area contributed by atoms with Gasteiger partial charge in [-0.2, -0.15) is 13.2 Å². The highest BCUT2D eigenvalue weighted by Gasteiger charge is 2.66. The Bertz CT molecular complexity index is 456. The minimum atomic E-state index is -4.33. The summed E-state index contributed by atoms with van der Waals surface area (Å²) >= 11 is 0. The van der Waals surface area contributed by atoms with E-state index in [-0.39, 0.29) is 25.1 Å². The molecule has 1 heterocycles. The van der Waals surface area contributed by atoms with Crippen LogP contribution in [-0.2, 0) is 11.3 Å². The summed E-state index contributed by atoms with van der Waals surface area (Å²) in [5, 5.41) is 3.00. The zero-order valence-electron chi connectivity index (χ0n) is 10.5. The molecule has 0 bridgehead atoms. The van der Waals surface area contributed by atoms with Crippen LogP contribution in [0.3, 0.4) is 0 Å². The van der Waals surface area contributed by atoms with Crippen LogP contribution in [0.5, 0.6) is 0 Å². The molecular weight excluding hydrogens is 255 g/mol. The SMILES string of the molecule is FC(F)(F)C1(OCc2ccccc2)CNC2(CC2)C1. The van der Waals surface area contributed by atoms with E-state index in [1.807, 2.05) is 6.07 Å². The lowest BCUT2D eigenvalue weighted by atomic mass is 9.98. The zero-order chi connectivity index (χ0) is 13.6. The number of alkyl halides is 3. The van der Waals surface area contributed by atoms with Crippen LogP contribution in [0.4, 0.5) is 13.2 Å². The number of halogens is 3. The third-order valence-electron chi connectivity index (χ3n) is 4.10. The number of nitrogens with one attached hydrogen (secondary N) is 1. The number of hydrogen-bond donors (Lipinski definition) is 1. The second-order valence-corrected chi connectivity index (χ2v) is 5.58. The highest BCUT2D eigenvalue weighted by molar-refractivity contribution is 5.17. The zero-order valence-corrected chi connectivity index (χ0v) is 10.5. The molecule has 3 rings (SSSR count). The predicted molar refractivity (Wildman–Crippen MR) is 64.6 cm³/mol. The van der Waals surface area contributed by atoms with Crippen molar-refractivity contribution in [2.24, 2.45) is 0 Å². The normalized spacial score (nSPS) is 28.8. The Kier molecular flexibility index (Phi) is 2.87. The predicted octanol–water partition coefficient (Wildman–Crippen LogP) is 3.03. The average Bonchev–Trinajstić information content (AvgIpc) is 3.00. The van der Waals surface area contributed by atoms with E-state index in [1.165, 1.54) is 0 Å². The summed E-state index contributed by atoms with van der Waals surface area (Å²) in [4.78, 5) is 0. The summed E-state index contributed by atoms with van der Waals surface area (Å²) in [6, 6.07) is 8.99. The summed E-state index contributed by atoms with van der Waals surface area (Å²) in [5.74, 6) is 0. The summed E-state index contributed by atoms with van der Waals surface area (Å²) in [6.45, 7) is -0.137. The fourth-order valence-electron chi connectivity index (χ4n) is 2.69. The highest BCUT2D eigenvalue weighted by atomic mass is 19.4. The van der Waals surface area contributed by atoms with Crippen LogP contribution in [-0.4, -0.2) is 23.9 Å². The first-order valence-electron chi connectivity index (χ1n) is 6.45. The van der Waals surface area contributed by atoms with Crippen molar-refractivity contribution < 1.29 is 17.9 Å². The second-order valence-electron chi connectivity index (χ2n) is 5.58. The Balaban J connectivity index is 1.74. The molecule has 19 heavy (non-hydrogen) atoms. The van der Waals surface area contributed by atoms with Crippen LogP contribution in [0.2, 0.25) is 0 Å². The molecule has 2 fully saturated rings. The van der Waals surface area contributed by atoms with E-state index in [4.69, 9.17) is 4.74 Å². The van der Waals surface area contributed by atoms with Crippen LogP contribution in [0, 0.1) is 0 Å². The third-order valence-corrected chi connectivity index (χ3v) is 4.10. The second kappa shape index (κ2) is 4.21. The molecule has 0 aromatic heterocycles. The number of rotatable bonds is 3. The topological polar surface area (TPSA) is 21.3 Å². The molecular formula is C14H16F3NO. The van der Waals surface area contributed by atoms with Crippen LogP contribution >= 0.6 is 0 Å². The van der Waals surface area contributed by atoms with Crippen LogP contribution < -0.4 is 5.32 Å². The van der Waals surface area contributed by atoms with Gasteiger partial charge in [-0.15, -0.1) is 0 Å². The minimum absolute atomic E-state index is 0.00188. The first kappa shape index (κ1) is 12.9. The Morgan fingerprint density at radius 1 is 1.16 bits per heavy atom. The highest BCUT2D eigenvalue weighted by Crippen LogP contribution is 2.52. The summed E-state index contributed by atoms with van der Waals surface area (Å²) in [6.07, 6.45) is -2.66. The van der Waals surface area contributed by atoms with Gasteiger partial charge in [0.15, 0.2) is 5.60 Å². The molecule has 2 aliphatic rings. The summed E-state index contributed by atoms with van der Waals surface area (Å²) in [5.41, 5.74) is -1.58. The van der Waals surface area contributed by atoms with E-state index in [2.05, 4.69) is 5.32 Å². The molecule has 1 atom stereocenters. The van der Waals surface area contributed by atoms with E-state index in [0.29, 0.717) is 0 Å². The quantitative estimate of drug-likeness (QED) is 0.912. The molecule has 1 saturated heterocycles. The van der Waals surface area contributed by atoms with Crippen LogP contribution in [0.25, 0.3) is 0 Å². The van der Waals surface area contributed by atoms with Gasteiger partial charge in [-0.05, 0) is 18.4 Å². The number of hydrogen-bond acceptors (Lipinski definition) is 2. The number of ether oxygens (including phenoxy) is 1. The molecule has 1 aliphatic carbocycles. The molecule has 1 unspecified atom stereocenters. The van der Waals surface area contributed by atoms with E-state index in [9.17, 15) is 13.2 Å². The van der Waals surface area contributed by atoms with Crippen molar-refractivity contribution in [3.05, 3.63) is 35.9 Å². The Morgan fingerprint density at radius 3 is 2.37 bits per heavy atom. The average molecular weight is 271 g/mol. The van der Waals surface area contributed by atoms with E-state index in [1.54, 1.807) is 24.3 Å². The van der Waals surface area contributed by atoms with E-state index >= 15 is 0 Å². The molecule has 1 spiro atoms. The summed E-state index contributed by atoms with van der Waals surface area (Å²) in [7, 11) is 0. The van der Waals surface area contributed by atoms with Gasteiger partial charge >= 0.3 is 6.18 Å².